The Morgan fingerprint density at radius 3 is 2.12 bits per heavy atom. The standard InChI is InChI=1S/C43H64N10O4.C11H10ClNO.C2H6/c1-30(2)41(43(56)53-21-14-34(54)29-53)39-27-40(47-57-39)52-17-8-31(9-18-52)28-48-15-10-32(11-16-48)49-19-12-33(13-20-49)50-22-24-51(25-23-50)37-26-36(45-46-42(37)44-3)35-6-4-5-7-38(35)55;1-3-9-4-5-10(11(12)6-9)8(2)13-7-14;1-2/h4-7,26-27,30-34,41,54-55H,8-25,28-29H2,1-3H3,(H,44,46);1,4-8H,2H3,(H,13,14);1-2H3. The van der Waals surface area contributed by atoms with Crippen molar-refractivity contribution in [1.82, 2.24) is 40.3 Å². The van der Waals surface area contributed by atoms with Gasteiger partial charge in [0.25, 0.3) is 0 Å². The van der Waals surface area contributed by atoms with E-state index in [0.717, 1.165) is 80.6 Å². The van der Waals surface area contributed by atoms with Gasteiger partial charge in [-0.05, 0) is 126 Å². The minimum Gasteiger partial charge on any atom is -0.507 e. The van der Waals surface area contributed by atoms with Crippen LogP contribution >= 0.6 is 11.6 Å². The van der Waals surface area contributed by atoms with Gasteiger partial charge >= 0.3 is 0 Å². The van der Waals surface area contributed by atoms with E-state index in [-0.39, 0.29) is 29.5 Å². The average Bonchev–Trinajstić information content (AvgIpc) is 4.09. The van der Waals surface area contributed by atoms with E-state index in [1.807, 2.05) is 58.2 Å². The smallest absolute Gasteiger partial charge is 0.233 e. The number of para-hydroxylation sites is 1. The van der Waals surface area contributed by atoms with Gasteiger partial charge in [-0.2, -0.15) is 0 Å². The Morgan fingerprint density at radius 1 is 0.849 bits per heavy atom. The van der Waals surface area contributed by atoms with Crippen molar-refractivity contribution in [1.29, 1.82) is 0 Å². The van der Waals surface area contributed by atoms with Crippen LogP contribution in [-0.4, -0.2) is 168 Å². The fraction of sp³-hybridized carbons (Fsp3) is 0.589. The Kier molecular flexibility index (Phi) is 20.2. The van der Waals surface area contributed by atoms with Crippen molar-refractivity contribution in [2.24, 2.45) is 11.8 Å². The second-order valence-electron chi connectivity index (χ2n) is 20.4. The van der Waals surface area contributed by atoms with E-state index in [2.05, 4.69) is 76.3 Å². The maximum absolute atomic E-state index is 13.3. The second-order valence-corrected chi connectivity index (χ2v) is 20.8. The number of piperidine rings is 3. The van der Waals surface area contributed by atoms with E-state index in [1.165, 1.54) is 58.4 Å². The summed E-state index contributed by atoms with van der Waals surface area (Å²) in [6, 6.07) is 17.9. The van der Waals surface area contributed by atoms with Gasteiger partial charge in [-0.25, -0.2) is 0 Å². The van der Waals surface area contributed by atoms with E-state index in [4.69, 9.17) is 22.5 Å². The van der Waals surface area contributed by atoms with Crippen molar-refractivity contribution in [2.75, 3.05) is 107 Å². The molecule has 2 amide bonds. The number of carbonyl (C=O) groups is 2. The zero-order valence-electron chi connectivity index (χ0n) is 44.1. The van der Waals surface area contributed by atoms with Gasteiger partial charge in [0.15, 0.2) is 17.4 Å². The van der Waals surface area contributed by atoms with Crippen molar-refractivity contribution in [3.63, 3.8) is 0 Å². The van der Waals surface area contributed by atoms with Crippen LogP contribution < -0.4 is 20.4 Å². The number of carbonyl (C=O) groups excluding carboxylic acids is 2. The fourth-order valence-corrected chi connectivity index (χ4v) is 11.7. The molecule has 3 unspecified atom stereocenters. The zero-order valence-corrected chi connectivity index (χ0v) is 44.8. The number of aliphatic hydroxyl groups excluding tert-OH is 1. The van der Waals surface area contributed by atoms with Crippen molar-refractivity contribution in [3.05, 3.63) is 76.5 Å². The van der Waals surface area contributed by atoms with Crippen molar-refractivity contribution < 1.29 is 24.3 Å². The molecule has 3 atom stereocenters. The van der Waals surface area contributed by atoms with Gasteiger partial charge in [0.2, 0.25) is 12.3 Å². The van der Waals surface area contributed by atoms with E-state index in [9.17, 15) is 19.8 Å². The number of piperazine rings is 1. The quantitative estimate of drug-likeness (QED) is 0.0732. The van der Waals surface area contributed by atoms with Crippen LogP contribution in [0.4, 0.5) is 17.3 Å². The highest BCUT2D eigenvalue weighted by Crippen LogP contribution is 2.35. The van der Waals surface area contributed by atoms with E-state index >= 15 is 0 Å². The van der Waals surface area contributed by atoms with Crippen LogP contribution in [0.1, 0.15) is 108 Å². The van der Waals surface area contributed by atoms with Gasteiger partial charge < -0.3 is 49.9 Å². The molecular weight excluding hydrogens is 942 g/mol. The summed E-state index contributed by atoms with van der Waals surface area (Å²) in [5.74, 6) is 5.42. The maximum atomic E-state index is 13.3. The number of β-amino-alcohol motifs (C(OH)–C–C–N with tert-alkyl or cyclic N) is 1. The SMILES string of the molecule is C#Cc1ccc(C(C)NC=O)c(Cl)c1.CC.CNc1nnc(-c2ccccc2O)cc1N1CCN(C2CCN(C3CCN(CC4CCN(c5cc(C(C(=O)N6CCC(O)C6)C(C)C)on5)CC4)CC3)CC2)CC1. The summed E-state index contributed by atoms with van der Waals surface area (Å²) >= 11 is 5.99. The van der Waals surface area contributed by atoms with E-state index in [0.29, 0.717) is 66.0 Å². The summed E-state index contributed by atoms with van der Waals surface area (Å²) < 4.78 is 5.81. The third kappa shape index (κ3) is 14.0. The lowest BCUT2D eigenvalue weighted by atomic mass is 9.91. The molecule has 0 radical (unpaired) electrons. The topological polar surface area (TPSA) is 170 Å². The Hall–Kier alpha value is -5.44. The molecule has 4 N–H and O–H groups in total. The number of rotatable bonds is 14. The van der Waals surface area contributed by atoms with Gasteiger partial charge in [0.1, 0.15) is 11.7 Å². The molecule has 0 aliphatic carbocycles. The number of phenolic OH excluding ortho intramolecular Hbond substituents is 1. The van der Waals surface area contributed by atoms with Crippen molar-refractivity contribution in [3.8, 4) is 29.4 Å². The van der Waals surface area contributed by atoms with Crippen LogP contribution in [0.5, 0.6) is 5.75 Å². The van der Waals surface area contributed by atoms with E-state index < -0.39 is 6.10 Å². The first kappa shape index (κ1) is 55.3. The van der Waals surface area contributed by atoms with Crippen LogP contribution in [0.3, 0.4) is 0 Å². The molecule has 2 aromatic carbocycles. The molecule has 5 aliphatic rings. The second kappa shape index (κ2) is 26.7. The number of aliphatic hydroxyl groups is 1. The van der Waals surface area contributed by atoms with Crippen molar-refractivity contribution >= 4 is 41.2 Å². The molecule has 73 heavy (non-hydrogen) atoms. The predicted octanol–water partition coefficient (Wildman–Crippen LogP) is 7.33. The molecule has 5 aliphatic heterocycles. The number of nitrogens with one attached hydrogen (secondary N) is 2. The van der Waals surface area contributed by atoms with Gasteiger partial charge in [-0.1, -0.05) is 68.6 Å². The molecule has 9 rings (SSSR count). The Balaban J connectivity index is 0.000000420. The molecule has 5 fully saturated rings. The third-order valence-corrected chi connectivity index (χ3v) is 15.9. The number of nitrogens with zero attached hydrogens (tertiary/aromatic N) is 9. The van der Waals surface area contributed by atoms with Gasteiger partial charge in [0.05, 0.1) is 23.5 Å². The number of aromatic hydroxyl groups is 1. The summed E-state index contributed by atoms with van der Waals surface area (Å²) in [6.07, 6.45) is 13.4. The minimum absolute atomic E-state index is 0.0349. The number of terminal acetylenes is 1. The average molecular weight is 1020 g/mol. The number of hydrogen-bond donors (Lipinski definition) is 4. The maximum Gasteiger partial charge on any atom is 0.233 e. The lowest BCUT2D eigenvalue weighted by Crippen LogP contribution is -2.55. The molecule has 5 saturated heterocycles. The number of hydrogen-bond acceptors (Lipinski definition) is 14. The Bertz CT molecular complexity index is 2420. The molecule has 7 heterocycles. The normalized spacial score (nSPS) is 20.6. The highest BCUT2D eigenvalue weighted by atomic mass is 35.5. The first-order valence-electron chi connectivity index (χ1n) is 26.9. The number of anilines is 3. The third-order valence-electron chi connectivity index (χ3n) is 15.6. The summed E-state index contributed by atoms with van der Waals surface area (Å²) in [5, 5.41) is 40.1. The summed E-state index contributed by atoms with van der Waals surface area (Å²) in [4.78, 5) is 38.3. The molecule has 4 aromatic rings. The summed E-state index contributed by atoms with van der Waals surface area (Å²) in [6.45, 7) is 22.9. The van der Waals surface area contributed by atoms with Gasteiger partial charge in [-0.3, -0.25) is 14.5 Å². The highest BCUT2D eigenvalue weighted by molar-refractivity contribution is 6.31. The molecule has 0 bridgehead atoms. The fourth-order valence-electron chi connectivity index (χ4n) is 11.4. The van der Waals surface area contributed by atoms with Crippen LogP contribution in [0.25, 0.3) is 11.3 Å². The minimum atomic E-state index is -0.428. The number of likely N-dealkylation sites (tertiary alicyclic amines) is 3. The molecule has 0 spiro atoms. The zero-order chi connectivity index (χ0) is 52.0. The Labute approximate surface area is 438 Å². The number of benzene rings is 2. The highest BCUT2D eigenvalue weighted by Gasteiger charge is 2.37. The first-order valence-corrected chi connectivity index (χ1v) is 27.2. The number of amides is 2. The van der Waals surface area contributed by atoms with Crippen LogP contribution in [0.15, 0.2) is 59.1 Å². The van der Waals surface area contributed by atoms with Crippen LogP contribution in [0, 0.1) is 24.2 Å². The summed E-state index contributed by atoms with van der Waals surface area (Å²) in [7, 11) is 1.89. The number of aromatic nitrogens is 3. The number of phenols is 1. The monoisotopic (exact) mass is 1020 g/mol. The molecule has 396 valence electrons. The van der Waals surface area contributed by atoms with Crippen molar-refractivity contribution in [2.45, 2.75) is 110 Å². The first-order chi connectivity index (χ1) is 35.4. The molecule has 17 heteroatoms. The molecule has 2 aromatic heterocycles. The predicted molar refractivity (Wildman–Crippen MR) is 291 cm³/mol. The summed E-state index contributed by atoms with van der Waals surface area (Å²) in [5.41, 5.74) is 4.03. The molecular formula is C56H80ClN11O5. The molecule has 0 saturated carbocycles. The van der Waals surface area contributed by atoms with Gasteiger partial charge in [0, 0.05) is 100 Å². The van der Waals surface area contributed by atoms with E-state index in [1.54, 1.807) is 23.1 Å². The lowest BCUT2D eigenvalue weighted by Gasteiger charge is -2.46. The number of halogens is 1. The van der Waals surface area contributed by atoms with Gasteiger partial charge in [-0.15, -0.1) is 16.6 Å². The van der Waals surface area contributed by atoms with Crippen LogP contribution in [0.2, 0.25) is 5.02 Å². The largest absolute Gasteiger partial charge is 0.507 e. The lowest BCUT2D eigenvalue weighted by molar-refractivity contribution is -0.133. The Morgan fingerprint density at radius 2 is 1.52 bits per heavy atom. The molecule has 16 nitrogen and oxygen atoms in total. The van der Waals surface area contributed by atoms with Crippen LogP contribution in [-0.2, 0) is 9.59 Å².